The van der Waals surface area contributed by atoms with E-state index in [1.54, 1.807) is 36.9 Å². The van der Waals surface area contributed by atoms with E-state index in [2.05, 4.69) is 108 Å². The van der Waals surface area contributed by atoms with Crippen molar-refractivity contribution < 1.29 is 73.2 Å². The highest BCUT2D eigenvalue weighted by Crippen LogP contribution is 2.32. The van der Waals surface area contributed by atoms with E-state index in [4.69, 9.17) is 25.4 Å². The first-order valence-corrected chi connectivity index (χ1v) is 36.8. The molecule has 0 saturated carbocycles. The van der Waals surface area contributed by atoms with Gasteiger partial charge >= 0.3 is 31.0 Å². The Kier molecular flexibility index (Phi) is 31.7. The molecule has 9 aromatic carbocycles. The van der Waals surface area contributed by atoms with Gasteiger partial charge in [-0.05, 0) is 141 Å². The first-order valence-electron chi connectivity index (χ1n) is 35.3. The summed E-state index contributed by atoms with van der Waals surface area (Å²) in [6.07, 6.45) is 6.00. The lowest BCUT2D eigenvalue weighted by Crippen LogP contribution is -2.32. The van der Waals surface area contributed by atoms with E-state index in [0.29, 0.717) is 40.1 Å². The Morgan fingerprint density at radius 1 is 0.426 bits per heavy atom. The van der Waals surface area contributed by atoms with Gasteiger partial charge in [-0.1, -0.05) is 141 Å². The summed E-state index contributed by atoms with van der Waals surface area (Å²) in [6.45, 7) is 0.638. The van der Waals surface area contributed by atoms with Crippen molar-refractivity contribution in [1.29, 1.82) is 0 Å². The summed E-state index contributed by atoms with van der Waals surface area (Å²) in [6, 6.07) is 65.1. The van der Waals surface area contributed by atoms with Crippen molar-refractivity contribution in [3.8, 4) is 22.3 Å². The number of carbonyl (C=O) groups is 8. The number of halogens is 3. The Morgan fingerprint density at radius 2 is 0.817 bits per heavy atom. The third-order valence-corrected chi connectivity index (χ3v) is 17.9. The summed E-state index contributed by atoms with van der Waals surface area (Å²) in [4.78, 5) is 125. The number of benzene rings is 9. The van der Waals surface area contributed by atoms with Crippen molar-refractivity contribution in [2.24, 2.45) is 0 Å². The van der Waals surface area contributed by atoms with Crippen LogP contribution in [0.5, 0.6) is 0 Å². The lowest BCUT2D eigenvalue weighted by Gasteiger charge is -2.14. The van der Waals surface area contributed by atoms with Crippen LogP contribution in [0, 0.1) is 0 Å². The summed E-state index contributed by atoms with van der Waals surface area (Å²) >= 11 is 6.85. The van der Waals surface area contributed by atoms with Gasteiger partial charge in [0.05, 0.1) is 48.6 Å². The zero-order valence-electron chi connectivity index (χ0n) is 61.4. The molecule has 1 aliphatic heterocycles. The normalized spacial score (nSPS) is 11.2. The lowest BCUT2D eigenvalue weighted by molar-refractivity contribution is -0.140. The fourth-order valence-corrected chi connectivity index (χ4v) is 12.0. The first-order chi connectivity index (χ1) is 55.1. The fourth-order valence-electron chi connectivity index (χ4n) is 11.3. The van der Waals surface area contributed by atoms with Crippen LogP contribution in [0.4, 0.5) is 39.4 Å². The van der Waals surface area contributed by atoms with Crippen LogP contribution in [-0.4, -0.2) is 145 Å². The number of aliphatic carboxylic acids is 3. The number of esters is 1. The topological polar surface area (TPSA) is 425 Å². The van der Waals surface area contributed by atoms with Crippen LogP contribution in [0.3, 0.4) is 0 Å². The second-order valence-corrected chi connectivity index (χ2v) is 26.9. The molecule has 0 unspecified atom stereocenters. The number of fused-ring (bicyclic) bond motifs is 4. The standard InChI is InChI=1S/C25H22N4O3.C21H20N4O5.C14H10BrN3.C11H12BNO4.C11H10BrN3O2.FH/c30-23(11-12-24(31)32)26-15-17-5-4-6-18(13-17)19-9-10-22-21(14-19)25(28-16-27-22)29-20-7-2-1-3-8-20;26-18(6-7-19(27)28)22-10-13-2-1-3-14(8-13)15-4-5-17-16(9-15)21(25-12-24-17)23-11-20(29)30;15-10-6-7-13-12(8-10)14(17-9-16-13)18-11-4-2-1-3-5-11;14-10-4-5-11(15)13(10)7-8-2-1-3-9(6-8)12(16)17;1-17-10(16)5-13-11-8-4-7(12)2-3-9(8)14-6-15-11;/h1-10,13-14,16H,11-12,15H2,(H,26,30)(H,31,32)(H,27,28,29);1-5,8-9,12H,6-7,10-11H2,(H,22,26)(H,27,28)(H,29,30)(H,23,24,25);1-9H,(H,16,17,18);1-3,6,16-17H,4-5,7H2;2-4,6H,5H2,1H3,(H,13,14,15);1H. The van der Waals surface area contributed by atoms with Gasteiger partial charge in [-0.25, -0.2) is 39.9 Å². The van der Waals surface area contributed by atoms with E-state index in [1.165, 1.54) is 24.7 Å². The molecule has 1 saturated heterocycles. The van der Waals surface area contributed by atoms with Crippen LogP contribution in [-0.2, 0) is 62.7 Å². The molecule has 4 amide bonds. The largest absolute Gasteiger partial charge is 0.488 e. The first kappa shape index (κ1) is 85.4. The Balaban J connectivity index is 0.000000169. The molecular weight excluding hydrogens is 1610 g/mol. The lowest BCUT2D eigenvalue weighted by atomic mass is 9.79. The van der Waals surface area contributed by atoms with E-state index in [9.17, 15) is 38.4 Å². The van der Waals surface area contributed by atoms with Gasteiger partial charge in [0.15, 0.2) is 0 Å². The number of aromatic nitrogens is 8. The minimum Gasteiger partial charge on any atom is -0.481 e. The van der Waals surface area contributed by atoms with E-state index >= 15 is 0 Å². The molecule has 13 aromatic rings. The predicted molar refractivity (Wildman–Crippen MR) is 441 cm³/mol. The molecule has 586 valence electrons. The number of carboxylic acids is 3. The number of imide groups is 1. The van der Waals surface area contributed by atoms with Gasteiger partial charge in [0.2, 0.25) is 23.6 Å². The Morgan fingerprint density at radius 3 is 1.25 bits per heavy atom. The van der Waals surface area contributed by atoms with E-state index < -0.39 is 25.0 Å². The predicted octanol–water partition coefficient (Wildman–Crippen LogP) is 12.1. The third-order valence-electron chi connectivity index (χ3n) is 16.9. The summed E-state index contributed by atoms with van der Waals surface area (Å²) in [5.74, 6) is -1.69. The quantitative estimate of drug-likeness (QED) is 0.0144. The maximum absolute atomic E-state index is 11.8. The number of hydrogen-bond acceptors (Lipinski definition) is 23. The second-order valence-electron chi connectivity index (χ2n) is 25.1. The molecule has 115 heavy (non-hydrogen) atoms. The van der Waals surface area contributed by atoms with Crippen molar-refractivity contribution in [3.05, 3.63) is 257 Å². The number of likely N-dealkylation sites (tertiary alicyclic amines) is 1. The number of amides is 4. The molecule has 0 atom stereocenters. The summed E-state index contributed by atoms with van der Waals surface area (Å²) in [5, 5.41) is 65.6. The molecule has 0 bridgehead atoms. The van der Waals surface area contributed by atoms with Crippen molar-refractivity contribution in [3.63, 3.8) is 0 Å². The smallest absolute Gasteiger partial charge is 0.481 e. The average Bonchev–Trinajstić information content (AvgIpc) is 1.59. The highest BCUT2D eigenvalue weighted by atomic mass is 79.9. The van der Waals surface area contributed by atoms with Gasteiger partial charge in [-0.2, -0.15) is 0 Å². The molecule has 11 N–H and O–H groups in total. The van der Waals surface area contributed by atoms with E-state index in [-0.39, 0.29) is 99.0 Å². The van der Waals surface area contributed by atoms with Crippen LogP contribution in [0.15, 0.2) is 241 Å². The molecule has 4 aromatic heterocycles. The fraction of sp³-hybridized carbons (Fsp3) is 0.146. The highest BCUT2D eigenvalue weighted by molar-refractivity contribution is 9.10. The van der Waals surface area contributed by atoms with Crippen LogP contribution >= 0.6 is 31.9 Å². The van der Waals surface area contributed by atoms with Crippen molar-refractivity contribution >= 4 is 170 Å². The molecule has 0 aliphatic carbocycles. The van der Waals surface area contributed by atoms with Gasteiger partial charge in [0.25, 0.3) is 0 Å². The van der Waals surface area contributed by atoms with E-state index in [1.807, 2.05) is 182 Å². The number of nitrogens with one attached hydrogen (secondary N) is 6. The summed E-state index contributed by atoms with van der Waals surface area (Å²) < 4.78 is 6.50. The number of para-hydroxylation sites is 2. The Labute approximate surface area is 673 Å². The average molecular weight is 1680 g/mol. The number of hydrogen-bond donors (Lipinski definition) is 11. The second kappa shape index (κ2) is 42.7. The number of ether oxygens (including phenoxy) is 1. The zero-order chi connectivity index (χ0) is 80.9. The maximum atomic E-state index is 11.8. The van der Waals surface area contributed by atoms with Crippen LogP contribution < -0.4 is 37.4 Å². The van der Waals surface area contributed by atoms with Crippen molar-refractivity contribution in [2.45, 2.75) is 58.2 Å². The summed E-state index contributed by atoms with van der Waals surface area (Å²) in [7, 11) is -0.196. The van der Waals surface area contributed by atoms with Gasteiger partial charge in [-0.15, -0.1) is 0 Å². The van der Waals surface area contributed by atoms with E-state index in [0.717, 1.165) is 98.0 Å². The third kappa shape index (κ3) is 26.0. The van der Waals surface area contributed by atoms with Crippen molar-refractivity contribution in [1.82, 2.24) is 55.4 Å². The SMILES string of the molecule is Brc1ccc2ncnc(Nc3ccccc3)c2c1.COC(=O)CNc1ncnc2ccc(Br)cc12.F.O=C(O)CCC(=O)NCc1cccc(-c2ccc3ncnc(NCC(=O)O)c3c2)c1.O=C(O)CCC(=O)NCc1cccc(-c2ccc3ncnc(Nc4ccccc4)c3c2)c1.O=C1CCC(=O)N1Cc1cccc(B(O)O)c1. The number of rotatable bonds is 25. The summed E-state index contributed by atoms with van der Waals surface area (Å²) in [5.41, 5.74) is 11.9. The number of nitrogens with zero attached hydrogens (tertiary/aromatic N) is 9. The molecular formula is C82H75BBr2FN15O14. The van der Waals surface area contributed by atoms with Crippen LogP contribution in [0.2, 0.25) is 0 Å². The highest BCUT2D eigenvalue weighted by Gasteiger charge is 2.29. The van der Waals surface area contributed by atoms with Crippen LogP contribution in [0.1, 0.15) is 55.2 Å². The monoisotopic (exact) mass is 1680 g/mol. The molecule has 0 radical (unpaired) electrons. The Bertz CT molecular complexity index is 5600. The molecule has 14 rings (SSSR count). The number of anilines is 6. The minimum absolute atomic E-state index is 0. The van der Waals surface area contributed by atoms with Gasteiger partial charge in [0.1, 0.15) is 61.7 Å². The molecule has 1 fully saturated rings. The number of carboxylic acid groups (broad SMARTS) is 3. The maximum Gasteiger partial charge on any atom is 0.488 e. The molecule has 29 nitrogen and oxygen atoms in total. The minimum atomic E-state index is -1.54. The van der Waals surface area contributed by atoms with Gasteiger partial charge in [-0.3, -0.25) is 48.0 Å². The van der Waals surface area contributed by atoms with Gasteiger partial charge in [0, 0.05) is 80.6 Å². The molecule has 33 heteroatoms. The Hall–Kier alpha value is -13.6. The van der Waals surface area contributed by atoms with Crippen LogP contribution in [0.25, 0.3) is 65.9 Å². The molecule has 0 spiro atoms. The number of carbonyl (C=O) groups excluding carboxylic acids is 5. The molecule has 1 aliphatic rings. The zero-order valence-corrected chi connectivity index (χ0v) is 64.6. The van der Waals surface area contributed by atoms with Crippen molar-refractivity contribution in [2.75, 3.05) is 41.5 Å². The number of methoxy groups -OCH3 is 1. The molecule has 5 heterocycles. The van der Waals surface area contributed by atoms with Gasteiger partial charge < -0.3 is 62.0 Å².